The van der Waals surface area contributed by atoms with Crippen molar-refractivity contribution in [3.63, 3.8) is 0 Å². The number of hydrogen-bond donors (Lipinski definition) is 2. The Morgan fingerprint density at radius 3 is 2.11 bits per heavy atom. The number of carbonyl (C=O) groups is 1. The summed E-state index contributed by atoms with van der Waals surface area (Å²) >= 11 is 0. The fraction of sp³-hybridized carbons (Fsp3) is 0.174. The molecule has 0 saturated heterocycles. The van der Waals surface area contributed by atoms with Crippen LogP contribution in [0.2, 0.25) is 0 Å². The highest BCUT2D eigenvalue weighted by Gasteiger charge is 2.17. The van der Waals surface area contributed by atoms with E-state index < -0.39 is 5.97 Å². The first-order valence-corrected chi connectivity index (χ1v) is 8.90. The Labute approximate surface area is 159 Å². The van der Waals surface area contributed by atoms with E-state index in [9.17, 15) is 15.0 Å². The standard InChI is InChI=1S/C17H18O4.C6H6/c18-14-11-13-9-7-5-3-1-2-4-6-8-10-21-17(20)16(13)15(19)12-14;1-2-4-6-5-3-1/h3-7,9,11-12,18-19H,1-2,8,10H2;1-6H/b5-3+,6-4+,9-7+;. The van der Waals surface area contributed by atoms with Crippen LogP contribution < -0.4 is 0 Å². The maximum Gasteiger partial charge on any atom is 0.342 e. The number of benzene rings is 2. The van der Waals surface area contributed by atoms with E-state index in [4.69, 9.17) is 4.74 Å². The molecule has 0 atom stereocenters. The van der Waals surface area contributed by atoms with E-state index >= 15 is 0 Å². The van der Waals surface area contributed by atoms with Gasteiger partial charge in [0.2, 0.25) is 0 Å². The summed E-state index contributed by atoms with van der Waals surface area (Å²) in [6, 6.07) is 14.6. The average Bonchev–Trinajstić information content (AvgIpc) is 2.67. The summed E-state index contributed by atoms with van der Waals surface area (Å²) < 4.78 is 5.15. The lowest BCUT2D eigenvalue weighted by Crippen LogP contribution is -2.08. The number of aromatic hydroxyl groups is 2. The molecule has 27 heavy (non-hydrogen) atoms. The summed E-state index contributed by atoms with van der Waals surface area (Å²) in [6.45, 7) is 0.259. The monoisotopic (exact) mass is 364 g/mol. The molecule has 0 spiro atoms. The van der Waals surface area contributed by atoms with Gasteiger partial charge in [0.1, 0.15) is 17.1 Å². The van der Waals surface area contributed by atoms with Gasteiger partial charge in [-0.3, -0.25) is 0 Å². The van der Waals surface area contributed by atoms with Gasteiger partial charge in [0.25, 0.3) is 0 Å². The van der Waals surface area contributed by atoms with E-state index in [0.717, 1.165) is 18.9 Å². The molecule has 0 unspecified atom stereocenters. The van der Waals surface area contributed by atoms with Crippen molar-refractivity contribution < 1.29 is 19.7 Å². The summed E-state index contributed by atoms with van der Waals surface area (Å²) in [4.78, 5) is 12.1. The smallest absolute Gasteiger partial charge is 0.342 e. The Morgan fingerprint density at radius 1 is 0.778 bits per heavy atom. The lowest BCUT2D eigenvalue weighted by molar-refractivity contribution is 0.0508. The molecule has 0 radical (unpaired) electrons. The fourth-order valence-corrected chi connectivity index (χ4v) is 2.43. The van der Waals surface area contributed by atoms with Gasteiger partial charge in [-0.2, -0.15) is 0 Å². The van der Waals surface area contributed by atoms with Crippen molar-refractivity contribution in [1.29, 1.82) is 0 Å². The van der Waals surface area contributed by atoms with Crippen LogP contribution in [0.25, 0.3) is 6.08 Å². The van der Waals surface area contributed by atoms with Crippen molar-refractivity contribution in [1.82, 2.24) is 0 Å². The number of rotatable bonds is 0. The average molecular weight is 364 g/mol. The quantitative estimate of drug-likeness (QED) is 0.495. The van der Waals surface area contributed by atoms with Crippen molar-refractivity contribution in [2.75, 3.05) is 6.61 Å². The number of phenolic OH excluding ortho intramolecular Hbond substituents is 2. The number of carbonyl (C=O) groups excluding carboxylic acids is 1. The number of cyclic esters (lactones) is 1. The van der Waals surface area contributed by atoms with Crippen LogP contribution >= 0.6 is 0 Å². The molecule has 0 amide bonds. The number of fused-ring (bicyclic) bond motifs is 1. The number of phenols is 2. The second-order valence-corrected chi connectivity index (χ2v) is 5.84. The van der Waals surface area contributed by atoms with Crippen LogP contribution in [0.1, 0.15) is 35.2 Å². The first kappa shape index (κ1) is 20.0. The van der Waals surface area contributed by atoms with E-state index in [2.05, 4.69) is 6.08 Å². The highest BCUT2D eigenvalue weighted by molar-refractivity contribution is 5.97. The molecule has 0 saturated carbocycles. The number of esters is 1. The molecule has 140 valence electrons. The Kier molecular flexibility index (Phi) is 8.44. The SMILES string of the molecule is O=C1OCC/C=C/CC/C=C/C=C/c2cc(O)cc(O)c21.c1ccccc1. The summed E-state index contributed by atoms with van der Waals surface area (Å²) in [5.41, 5.74) is 0.494. The Balaban J connectivity index is 0.000000369. The molecule has 0 fully saturated rings. The third-order valence-corrected chi connectivity index (χ3v) is 3.71. The van der Waals surface area contributed by atoms with Crippen LogP contribution in [-0.2, 0) is 4.74 Å². The van der Waals surface area contributed by atoms with Crippen LogP contribution in [0.5, 0.6) is 11.5 Å². The van der Waals surface area contributed by atoms with E-state index in [1.807, 2.05) is 54.6 Å². The van der Waals surface area contributed by atoms with Gasteiger partial charge in [-0.1, -0.05) is 72.9 Å². The Hall–Kier alpha value is -3.27. The number of hydrogen-bond acceptors (Lipinski definition) is 4. The molecular weight excluding hydrogens is 340 g/mol. The minimum absolute atomic E-state index is 0.0680. The molecule has 0 aromatic heterocycles. The topological polar surface area (TPSA) is 66.8 Å². The van der Waals surface area contributed by atoms with E-state index in [0.29, 0.717) is 12.0 Å². The molecule has 1 heterocycles. The third kappa shape index (κ3) is 7.24. The van der Waals surface area contributed by atoms with Gasteiger partial charge < -0.3 is 14.9 Å². The van der Waals surface area contributed by atoms with E-state index in [1.165, 1.54) is 6.07 Å². The van der Waals surface area contributed by atoms with Crippen LogP contribution in [0, 0.1) is 0 Å². The minimum atomic E-state index is -0.596. The van der Waals surface area contributed by atoms with Gasteiger partial charge >= 0.3 is 5.97 Å². The normalized spacial score (nSPS) is 17.9. The maximum atomic E-state index is 12.1. The molecule has 0 bridgehead atoms. The molecule has 1 aliphatic rings. The van der Waals surface area contributed by atoms with Crippen LogP contribution in [-0.4, -0.2) is 22.8 Å². The van der Waals surface area contributed by atoms with Gasteiger partial charge in [-0.05, 0) is 30.9 Å². The van der Waals surface area contributed by atoms with Gasteiger partial charge in [-0.25, -0.2) is 4.79 Å². The zero-order valence-electron chi connectivity index (χ0n) is 15.1. The summed E-state index contributed by atoms with van der Waals surface area (Å²) in [5, 5.41) is 19.4. The Bertz CT molecular complexity index is 778. The van der Waals surface area contributed by atoms with Gasteiger partial charge in [-0.15, -0.1) is 0 Å². The number of allylic oxidation sites excluding steroid dienone is 4. The van der Waals surface area contributed by atoms with Crippen molar-refractivity contribution in [3.05, 3.63) is 90.0 Å². The molecule has 2 N–H and O–H groups in total. The predicted octanol–water partition coefficient (Wildman–Crippen LogP) is 5.25. The second-order valence-electron chi connectivity index (χ2n) is 5.84. The van der Waals surface area contributed by atoms with Crippen LogP contribution in [0.4, 0.5) is 0 Å². The highest BCUT2D eigenvalue weighted by atomic mass is 16.5. The number of ether oxygens (including phenoxy) is 1. The molecule has 0 aliphatic carbocycles. The minimum Gasteiger partial charge on any atom is -0.508 e. The van der Waals surface area contributed by atoms with Crippen molar-refractivity contribution in [2.45, 2.75) is 19.3 Å². The zero-order chi connectivity index (χ0) is 19.3. The predicted molar refractivity (Wildman–Crippen MR) is 108 cm³/mol. The molecule has 3 rings (SSSR count). The van der Waals surface area contributed by atoms with Crippen LogP contribution in [0.3, 0.4) is 0 Å². The largest absolute Gasteiger partial charge is 0.508 e. The van der Waals surface area contributed by atoms with Crippen molar-refractivity contribution in [3.8, 4) is 11.5 Å². The van der Waals surface area contributed by atoms with Gasteiger partial charge in [0, 0.05) is 6.07 Å². The maximum absolute atomic E-state index is 12.1. The van der Waals surface area contributed by atoms with Crippen LogP contribution in [0.15, 0.2) is 78.9 Å². The molecule has 4 nitrogen and oxygen atoms in total. The zero-order valence-corrected chi connectivity index (χ0v) is 15.1. The van der Waals surface area contributed by atoms with Gasteiger partial charge in [0.05, 0.1) is 6.61 Å². The first-order chi connectivity index (χ1) is 13.2. The summed E-state index contributed by atoms with van der Waals surface area (Å²) in [5.74, 6) is -0.982. The summed E-state index contributed by atoms with van der Waals surface area (Å²) in [6.07, 6.45) is 13.9. The molecule has 2 aromatic carbocycles. The van der Waals surface area contributed by atoms with E-state index in [1.54, 1.807) is 12.2 Å². The molecule has 4 heteroatoms. The second kappa shape index (κ2) is 11.4. The van der Waals surface area contributed by atoms with Gasteiger partial charge in [0.15, 0.2) is 0 Å². The lowest BCUT2D eigenvalue weighted by Gasteiger charge is -2.09. The van der Waals surface area contributed by atoms with Crippen molar-refractivity contribution >= 4 is 12.0 Å². The third-order valence-electron chi connectivity index (χ3n) is 3.71. The lowest BCUT2D eigenvalue weighted by atomic mass is 10.0. The molecule has 2 aromatic rings. The Morgan fingerprint density at radius 2 is 1.41 bits per heavy atom. The van der Waals surface area contributed by atoms with E-state index in [-0.39, 0.29) is 23.7 Å². The fourth-order valence-electron chi connectivity index (χ4n) is 2.43. The highest BCUT2D eigenvalue weighted by Crippen LogP contribution is 2.29. The molecular formula is C23H24O4. The van der Waals surface area contributed by atoms with Crippen molar-refractivity contribution in [2.24, 2.45) is 0 Å². The summed E-state index contributed by atoms with van der Waals surface area (Å²) in [7, 11) is 0. The molecule has 1 aliphatic heterocycles. The first-order valence-electron chi connectivity index (χ1n) is 8.90.